The number of likely N-dealkylation sites (tertiary alicyclic amines) is 1. The van der Waals surface area contributed by atoms with Crippen LogP contribution in [0.15, 0.2) is 18.2 Å². The van der Waals surface area contributed by atoms with Crippen LogP contribution in [0.5, 0.6) is 11.5 Å². The van der Waals surface area contributed by atoms with Gasteiger partial charge in [-0.1, -0.05) is 0 Å². The van der Waals surface area contributed by atoms with Crippen molar-refractivity contribution in [3.05, 3.63) is 23.8 Å². The smallest absolute Gasteiger partial charge is 0.303 e. The highest BCUT2D eigenvalue weighted by molar-refractivity contribution is 5.95. The van der Waals surface area contributed by atoms with Gasteiger partial charge >= 0.3 is 5.97 Å². The summed E-state index contributed by atoms with van der Waals surface area (Å²) in [5, 5.41) is 11.6. The molecule has 2 N–H and O–H groups in total. The number of hydrogen-bond donors (Lipinski definition) is 2. The summed E-state index contributed by atoms with van der Waals surface area (Å²) in [5.41, 5.74) is 0.540. The Labute approximate surface area is 164 Å². The van der Waals surface area contributed by atoms with Crippen LogP contribution in [0.3, 0.4) is 0 Å². The summed E-state index contributed by atoms with van der Waals surface area (Å²) in [6, 6.07) is 5.14. The Kier molecular flexibility index (Phi) is 8.10. The number of hydrogen-bond acceptors (Lipinski definition) is 5. The SMILES string of the molecule is COc1ccc(C(=O)N2CCC(NC(=O)CCCCC(=O)O)CC2)cc1OC. The number of carbonyl (C=O) groups excluding carboxylic acids is 2. The number of carbonyl (C=O) groups is 3. The van der Waals surface area contributed by atoms with E-state index in [1.54, 1.807) is 30.2 Å². The molecule has 1 fully saturated rings. The predicted molar refractivity (Wildman–Crippen MR) is 103 cm³/mol. The molecular weight excluding hydrogens is 364 g/mol. The molecule has 0 atom stereocenters. The Bertz CT molecular complexity index is 698. The van der Waals surface area contributed by atoms with Crippen LogP contribution in [0.2, 0.25) is 0 Å². The fourth-order valence-electron chi connectivity index (χ4n) is 3.24. The molecular formula is C20H28N2O6. The van der Waals surface area contributed by atoms with Crippen molar-refractivity contribution in [1.82, 2.24) is 10.2 Å². The van der Waals surface area contributed by atoms with Gasteiger partial charge in [-0.15, -0.1) is 0 Å². The quantitative estimate of drug-likeness (QED) is 0.624. The zero-order valence-electron chi connectivity index (χ0n) is 16.4. The number of unbranched alkanes of at least 4 members (excludes halogenated alkanes) is 1. The van der Waals surface area contributed by atoms with E-state index < -0.39 is 5.97 Å². The summed E-state index contributed by atoms with van der Waals surface area (Å²) in [7, 11) is 3.08. The Hall–Kier alpha value is -2.77. The van der Waals surface area contributed by atoms with E-state index >= 15 is 0 Å². The molecule has 0 radical (unpaired) electrons. The van der Waals surface area contributed by atoms with Crippen molar-refractivity contribution in [3.63, 3.8) is 0 Å². The maximum Gasteiger partial charge on any atom is 0.303 e. The van der Waals surface area contributed by atoms with Gasteiger partial charge in [0.2, 0.25) is 5.91 Å². The molecule has 0 unspecified atom stereocenters. The summed E-state index contributed by atoms with van der Waals surface area (Å²) in [5.74, 6) is 0.114. The summed E-state index contributed by atoms with van der Waals surface area (Å²) in [6.07, 6.45) is 2.87. The number of benzene rings is 1. The molecule has 0 aromatic heterocycles. The average molecular weight is 392 g/mol. The number of aliphatic carboxylic acids is 1. The number of piperidine rings is 1. The molecule has 8 heteroatoms. The Morgan fingerprint density at radius 2 is 1.71 bits per heavy atom. The van der Waals surface area contributed by atoms with E-state index in [0.29, 0.717) is 62.3 Å². The normalized spacial score (nSPS) is 14.4. The molecule has 0 saturated carbocycles. The molecule has 2 rings (SSSR count). The molecule has 0 bridgehead atoms. The van der Waals surface area contributed by atoms with Crippen LogP contribution in [0, 0.1) is 0 Å². The second kappa shape index (κ2) is 10.5. The number of methoxy groups -OCH3 is 2. The summed E-state index contributed by atoms with van der Waals surface area (Å²) in [4.78, 5) is 36.9. The first-order chi connectivity index (χ1) is 13.4. The van der Waals surface area contributed by atoms with Crippen LogP contribution >= 0.6 is 0 Å². The van der Waals surface area contributed by atoms with Crippen molar-refractivity contribution in [2.24, 2.45) is 0 Å². The van der Waals surface area contributed by atoms with Gasteiger partial charge in [0.1, 0.15) is 0 Å². The number of carboxylic acid groups (broad SMARTS) is 1. The van der Waals surface area contributed by atoms with Gasteiger partial charge in [-0.3, -0.25) is 14.4 Å². The third-order valence-electron chi connectivity index (χ3n) is 4.82. The number of rotatable bonds is 9. The van der Waals surface area contributed by atoms with Crippen molar-refractivity contribution in [2.75, 3.05) is 27.3 Å². The second-order valence-corrected chi connectivity index (χ2v) is 6.80. The van der Waals surface area contributed by atoms with E-state index in [-0.39, 0.29) is 24.3 Å². The number of carboxylic acids is 1. The van der Waals surface area contributed by atoms with Crippen molar-refractivity contribution in [2.45, 2.75) is 44.6 Å². The fraction of sp³-hybridized carbons (Fsp3) is 0.550. The van der Waals surface area contributed by atoms with E-state index in [2.05, 4.69) is 5.32 Å². The maximum absolute atomic E-state index is 12.7. The molecule has 0 aliphatic carbocycles. The first-order valence-corrected chi connectivity index (χ1v) is 9.47. The first kappa shape index (κ1) is 21.5. The molecule has 1 heterocycles. The zero-order valence-corrected chi connectivity index (χ0v) is 16.4. The lowest BCUT2D eigenvalue weighted by molar-refractivity contribution is -0.137. The summed E-state index contributed by atoms with van der Waals surface area (Å²) < 4.78 is 10.4. The molecule has 1 aliphatic heterocycles. The number of ether oxygens (including phenoxy) is 2. The summed E-state index contributed by atoms with van der Waals surface area (Å²) in [6.45, 7) is 1.13. The van der Waals surface area contributed by atoms with Crippen LogP contribution in [-0.2, 0) is 9.59 Å². The Morgan fingerprint density at radius 3 is 2.32 bits per heavy atom. The van der Waals surface area contributed by atoms with Crippen LogP contribution < -0.4 is 14.8 Å². The van der Waals surface area contributed by atoms with Crippen molar-refractivity contribution in [1.29, 1.82) is 0 Å². The molecule has 2 amide bonds. The molecule has 0 spiro atoms. The lowest BCUT2D eigenvalue weighted by Crippen LogP contribution is -2.46. The summed E-state index contributed by atoms with van der Waals surface area (Å²) >= 11 is 0. The highest BCUT2D eigenvalue weighted by Crippen LogP contribution is 2.28. The maximum atomic E-state index is 12.7. The highest BCUT2D eigenvalue weighted by atomic mass is 16.5. The standard InChI is InChI=1S/C20H28N2O6/c1-27-16-8-7-14(13-17(16)28-2)20(26)22-11-9-15(10-12-22)21-18(23)5-3-4-6-19(24)25/h7-8,13,15H,3-6,9-12H2,1-2H3,(H,21,23)(H,24,25). The van der Waals surface area contributed by atoms with E-state index in [1.165, 1.54) is 7.11 Å². The van der Waals surface area contributed by atoms with E-state index in [1.807, 2.05) is 0 Å². The largest absolute Gasteiger partial charge is 0.493 e. The molecule has 1 aromatic carbocycles. The monoisotopic (exact) mass is 392 g/mol. The minimum Gasteiger partial charge on any atom is -0.493 e. The number of amides is 2. The molecule has 154 valence electrons. The third kappa shape index (κ3) is 6.14. The molecule has 1 saturated heterocycles. The van der Waals surface area contributed by atoms with Crippen LogP contribution in [-0.4, -0.2) is 61.1 Å². The first-order valence-electron chi connectivity index (χ1n) is 9.47. The van der Waals surface area contributed by atoms with Crippen molar-refractivity contribution >= 4 is 17.8 Å². The number of nitrogens with zero attached hydrogens (tertiary/aromatic N) is 1. The highest BCUT2D eigenvalue weighted by Gasteiger charge is 2.25. The van der Waals surface area contributed by atoms with Crippen LogP contribution in [0.1, 0.15) is 48.9 Å². The van der Waals surface area contributed by atoms with Gasteiger partial charge in [-0.05, 0) is 43.9 Å². The van der Waals surface area contributed by atoms with Gasteiger partial charge < -0.3 is 24.8 Å². The third-order valence-corrected chi connectivity index (χ3v) is 4.82. The predicted octanol–water partition coefficient (Wildman–Crippen LogP) is 2.07. The number of nitrogens with one attached hydrogen (secondary N) is 1. The van der Waals surface area contributed by atoms with Crippen LogP contribution in [0.25, 0.3) is 0 Å². The van der Waals surface area contributed by atoms with E-state index in [0.717, 1.165) is 0 Å². The second-order valence-electron chi connectivity index (χ2n) is 6.80. The fourth-order valence-corrected chi connectivity index (χ4v) is 3.24. The van der Waals surface area contributed by atoms with Gasteiger partial charge in [-0.2, -0.15) is 0 Å². The molecule has 1 aliphatic rings. The van der Waals surface area contributed by atoms with E-state index in [4.69, 9.17) is 14.6 Å². The van der Waals surface area contributed by atoms with Crippen LogP contribution in [0.4, 0.5) is 0 Å². The van der Waals surface area contributed by atoms with Gasteiger partial charge in [0.05, 0.1) is 14.2 Å². The van der Waals surface area contributed by atoms with Crippen molar-refractivity contribution in [3.8, 4) is 11.5 Å². The Balaban J connectivity index is 1.79. The molecule has 1 aromatic rings. The minimum atomic E-state index is -0.841. The average Bonchev–Trinajstić information content (AvgIpc) is 2.70. The minimum absolute atomic E-state index is 0.0430. The van der Waals surface area contributed by atoms with Gasteiger partial charge in [-0.25, -0.2) is 0 Å². The van der Waals surface area contributed by atoms with E-state index in [9.17, 15) is 14.4 Å². The van der Waals surface area contributed by atoms with Crippen molar-refractivity contribution < 1.29 is 29.0 Å². The lowest BCUT2D eigenvalue weighted by Gasteiger charge is -2.32. The van der Waals surface area contributed by atoms with Gasteiger partial charge in [0.15, 0.2) is 11.5 Å². The lowest BCUT2D eigenvalue weighted by atomic mass is 10.0. The Morgan fingerprint density at radius 1 is 1.07 bits per heavy atom. The van der Waals surface area contributed by atoms with Gasteiger partial charge in [0.25, 0.3) is 5.91 Å². The zero-order chi connectivity index (χ0) is 20.5. The molecule has 28 heavy (non-hydrogen) atoms. The topological polar surface area (TPSA) is 105 Å². The molecule has 8 nitrogen and oxygen atoms in total. The van der Waals surface area contributed by atoms with Gasteiger partial charge in [0, 0.05) is 37.5 Å².